The van der Waals surface area contributed by atoms with Crippen LogP contribution in [0.5, 0.6) is 0 Å². The zero-order chi connectivity index (χ0) is 25.4. The molecule has 0 radical (unpaired) electrons. The molecule has 7 heteroatoms. The van der Waals surface area contributed by atoms with E-state index in [2.05, 4.69) is 23.3 Å². The second kappa shape index (κ2) is 11.9. The third kappa shape index (κ3) is 7.84. The van der Waals surface area contributed by atoms with E-state index in [1.54, 1.807) is 21.9 Å². The average Bonchev–Trinajstić information content (AvgIpc) is 3.22. The number of nitrogens with zero attached hydrogens (tertiary/aromatic N) is 2. The highest BCUT2D eigenvalue weighted by Crippen LogP contribution is 2.19. The van der Waals surface area contributed by atoms with Crippen LogP contribution in [0.2, 0.25) is 0 Å². The number of hydrogen-bond acceptors (Lipinski definition) is 2. The molecule has 0 saturated heterocycles. The number of H-pyrrole nitrogens is 1. The van der Waals surface area contributed by atoms with E-state index in [1.807, 2.05) is 45.2 Å². The molecule has 35 heavy (non-hydrogen) atoms. The Bertz CT molecular complexity index is 1120. The van der Waals surface area contributed by atoms with Crippen LogP contribution in [0.25, 0.3) is 10.9 Å². The van der Waals surface area contributed by atoms with Gasteiger partial charge in [0, 0.05) is 42.3 Å². The topological polar surface area (TPSA) is 68.4 Å². The molecule has 3 amide bonds. The molecule has 2 aromatic carbocycles. The highest BCUT2D eigenvalue weighted by atomic mass is 19.1. The average molecular weight is 481 g/mol. The van der Waals surface area contributed by atoms with Crippen LogP contribution in [0.4, 0.5) is 9.18 Å². The van der Waals surface area contributed by atoms with Gasteiger partial charge in [0.05, 0.1) is 0 Å². The number of carbonyl (C=O) groups excluding carboxylic acids is 2. The zero-order valence-corrected chi connectivity index (χ0v) is 21.2. The summed E-state index contributed by atoms with van der Waals surface area (Å²) in [6.45, 7) is 9.18. The number of amides is 3. The van der Waals surface area contributed by atoms with Crippen LogP contribution in [0.15, 0.2) is 54.7 Å². The molecule has 0 bridgehead atoms. The minimum atomic E-state index is -0.395. The lowest BCUT2D eigenvalue weighted by atomic mass is 10.1. The Morgan fingerprint density at radius 2 is 1.71 bits per heavy atom. The Hall–Kier alpha value is -3.35. The minimum absolute atomic E-state index is 0.00298. The second-order valence-electron chi connectivity index (χ2n) is 10.0. The molecule has 3 aromatic rings. The van der Waals surface area contributed by atoms with E-state index in [0.29, 0.717) is 26.1 Å². The van der Waals surface area contributed by atoms with Gasteiger partial charge in [-0.3, -0.25) is 4.79 Å². The Morgan fingerprint density at radius 1 is 1.00 bits per heavy atom. The van der Waals surface area contributed by atoms with Crippen molar-refractivity contribution in [3.8, 4) is 0 Å². The number of aromatic nitrogens is 1. The van der Waals surface area contributed by atoms with Gasteiger partial charge in [-0.15, -0.1) is 0 Å². The van der Waals surface area contributed by atoms with Gasteiger partial charge in [-0.05, 0) is 62.9 Å². The van der Waals surface area contributed by atoms with E-state index in [9.17, 15) is 14.0 Å². The van der Waals surface area contributed by atoms with E-state index in [4.69, 9.17) is 0 Å². The molecule has 0 saturated carbocycles. The van der Waals surface area contributed by atoms with E-state index >= 15 is 0 Å². The number of aromatic amines is 1. The predicted molar refractivity (Wildman–Crippen MR) is 139 cm³/mol. The Kier molecular flexibility index (Phi) is 8.90. The minimum Gasteiger partial charge on any atom is -0.361 e. The van der Waals surface area contributed by atoms with Gasteiger partial charge in [0.1, 0.15) is 12.4 Å². The molecule has 1 heterocycles. The molecule has 0 aliphatic rings. The highest BCUT2D eigenvalue weighted by Gasteiger charge is 2.24. The lowest BCUT2D eigenvalue weighted by molar-refractivity contribution is -0.132. The molecule has 0 aliphatic heterocycles. The first kappa shape index (κ1) is 26.3. The molecule has 188 valence electrons. The smallest absolute Gasteiger partial charge is 0.318 e. The molecule has 0 atom stereocenters. The first-order valence-electron chi connectivity index (χ1n) is 12.3. The molecule has 0 spiro atoms. The first-order valence-corrected chi connectivity index (χ1v) is 12.3. The summed E-state index contributed by atoms with van der Waals surface area (Å²) < 4.78 is 13.4. The van der Waals surface area contributed by atoms with Crippen LogP contribution in [-0.2, 0) is 17.8 Å². The number of benzene rings is 2. The van der Waals surface area contributed by atoms with Crippen molar-refractivity contribution in [2.24, 2.45) is 0 Å². The Labute approximate surface area is 207 Å². The number of carbonyl (C=O) groups is 2. The number of para-hydroxylation sites is 1. The van der Waals surface area contributed by atoms with E-state index in [-0.39, 0.29) is 24.3 Å². The third-order valence-electron chi connectivity index (χ3n) is 5.84. The molecule has 0 unspecified atom stereocenters. The summed E-state index contributed by atoms with van der Waals surface area (Å²) in [6.07, 6.45) is 4.39. The first-order chi connectivity index (χ1) is 16.7. The van der Waals surface area contributed by atoms with Crippen LogP contribution >= 0.6 is 0 Å². The van der Waals surface area contributed by atoms with Crippen LogP contribution in [0, 0.1) is 5.82 Å². The Balaban J connectivity index is 1.77. The number of halogens is 1. The van der Waals surface area contributed by atoms with Gasteiger partial charge in [0.2, 0.25) is 5.91 Å². The summed E-state index contributed by atoms with van der Waals surface area (Å²) in [4.78, 5) is 33.1. The summed E-state index contributed by atoms with van der Waals surface area (Å²) in [5.41, 5.74) is 2.64. The fourth-order valence-electron chi connectivity index (χ4n) is 3.96. The molecule has 6 nitrogen and oxygen atoms in total. The molecule has 3 rings (SSSR count). The lowest BCUT2D eigenvalue weighted by Gasteiger charge is -2.30. The molecule has 0 aliphatic carbocycles. The molecular formula is C28H37FN4O2. The molecular weight excluding hydrogens is 443 g/mol. The van der Waals surface area contributed by atoms with Crippen LogP contribution in [-0.4, -0.2) is 51.9 Å². The number of hydrogen-bond donors (Lipinski definition) is 2. The SMILES string of the molecule is CCCCN(CC(=O)N(CCc1c[nH]c2ccccc12)Cc1ccc(F)cc1)C(=O)NC(C)(C)C. The number of unbranched alkanes of at least 4 members (excludes halogenated alkanes) is 1. The van der Waals surface area contributed by atoms with Crippen LogP contribution in [0.1, 0.15) is 51.7 Å². The zero-order valence-electron chi connectivity index (χ0n) is 21.2. The third-order valence-corrected chi connectivity index (χ3v) is 5.84. The van der Waals surface area contributed by atoms with Gasteiger partial charge in [0.15, 0.2) is 0 Å². The fraction of sp³-hybridized carbons (Fsp3) is 0.429. The number of nitrogens with one attached hydrogen (secondary N) is 2. The van der Waals surface area contributed by atoms with Crippen LogP contribution in [0.3, 0.4) is 0 Å². The second-order valence-corrected chi connectivity index (χ2v) is 10.0. The van der Waals surface area contributed by atoms with Gasteiger partial charge in [-0.25, -0.2) is 9.18 Å². The largest absolute Gasteiger partial charge is 0.361 e. The standard InChI is InChI=1S/C28H37FN4O2/c1-5-6-16-33(27(35)31-28(2,3)4)20-26(34)32(19-21-11-13-23(29)14-12-21)17-15-22-18-30-25-10-8-7-9-24(22)25/h7-14,18,30H,5-6,15-17,19-20H2,1-4H3,(H,31,35). The van der Waals surface area contributed by atoms with Gasteiger partial charge in [0.25, 0.3) is 0 Å². The van der Waals surface area contributed by atoms with Crippen molar-refractivity contribution in [1.82, 2.24) is 20.1 Å². The maximum atomic E-state index is 13.5. The van der Waals surface area contributed by atoms with Gasteiger partial charge >= 0.3 is 6.03 Å². The van der Waals surface area contributed by atoms with Gasteiger partial charge < -0.3 is 20.1 Å². The van der Waals surface area contributed by atoms with Crippen LogP contribution < -0.4 is 5.32 Å². The highest BCUT2D eigenvalue weighted by molar-refractivity contribution is 5.85. The van der Waals surface area contributed by atoms with Gasteiger partial charge in [-0.2, -0.15) is 0 Å². The van der Waals surface area contributed by atoms with Crippen molar-refractivity contribution in [2.45, 2.75) is 59.0 Å². The van der Waals surface area contributed by atoms with E-state index in [1.165, 1.54) is 12.1 Å². The summed E-state index contributed by atoms with van der Waals surface area (Å²) in [6, 6.07) is 14.0. The van der Waals surface area contributed by atoms with Crippen molar-refractivity contribution in [2.75, 3.05) is 19.6 Å². The summed E-state index contributed by atoms with van der Waals surface area (Å²) >= 11 is 0. The van der Waals surface area contributed by atoms with Gasteiger partial charge in [-0.1, -0.05) is 43.7 Å². The van der Waals surface area contributed by atoms with Crippen molar-refractivity contribution < 1.29 is 14.0 Å². The number of urea groups is 1. The van der Waals surface area contributed by atoms with Crippen molar-refractivity contribution in [1.29, 1.82) is 0 Å². The van der Waals surface area contributed by atoms with Crippen molar-refractivity contribution >= 4 is 22.8 Å². The molecule has 0 fully saturated rings. The lowest BCUT2D eigenvalue weighted by Crippen LogP contribution is -2.52. The van der Waals surface area contributed by atoms with Crippen molar-refractivity contribution in [3.05, 3.63) is 71.7 Å². The molecule has 1 aromatic heterocycles. The molecule has 2 N–H and O–H groups in total. The fourth-order valence-corrected chi connectivity index (χ4v) is 3.96. The predicted octanol–water partition coefficient (Wildman–Crippen LogP) is 5.49. The normalized spacial score (nSPS) is 11.5. The van der Waals surface area contributed by atoms with E-state index < -0.39 is 5.54 Å². The van der Waals surface area contributed by atoms with E-state index in [0.717, 1.165) is 34.9 Å². The maximum absolute atomic E-state index is 13.5. The monoisotopic (exact) mass is 480 g/mol. The summed E-state index contributed by atoms with van der Waals surface area (Å²) in [7, 11) is 0. The Morgan fingerprint density at radius 3 is 2.40 bits per heavy atom. The summed E-state index contributed by atoms with van der Waals surface area (Å²) in [5.74, 6) is -0.440. The number of fused-ring (bicyclic) bond motifs is 1. The quantitative estimate of drug-likeness (QED) is 0.403. The number of rotatable bonds is 10. The summed E-state index contributed by atoms with van der Waals surface area (Å²) in [5, 5.41) is 4.11. The maximum Gasteiger partial charge on any atom is 0.318 e. The van der Waals surface area contributed by atoms with Crippen molar-refractivity contribution in [3.63, 3.8) is 0 Å².